The lowest BCUT2D eigenvalue weighted by Gasteiger charge is -1.84. The van der Waals surface area contributed by atoms with E-state index >= 15 is 0 Å². The van der Waals surface area contributed by atoms with Crippen LogP contribution < -0.4 is 0 Å². The maximum Gasteiger partial charge on any atom is 0.0746 e. The summed E-state index contributed by atoms with van der Waals surface area (Å²) in [6.45, 7) is 0. The fourth-order valence-electron chi connectivity index (χ4n) is 0.396. The summed E-state index contributed by atoms with van der Waals surface area (Å²) in [7, 11) is 0. The van der Waals surface area contributed by atoms with E-state index in [0.717, 1.165) is 0 Å². The molecule has 1 N–H and O–H groups in total. The molecule has 0 unspecified atom stereocenters. The smallest absolute Gasteiger partial charge is 0.0746 e. The summed E-state index contributed by atoms with van der Waals surface area (Å²) in [6.07, 6.45) is 3.40. The third kappa shape index (κ3) is 1.08. The fourth-order valence-corrected chi connectivity index (χ4v) is 0.649. The minimum atomic E-state index is 0.600. The lowest BCUT2D eigenvalue weighted by atomic mass is 10.5. The molecule has 0 aromatic carbocycles. The van der Waals surface area contributed by atoms with Gasteiger partial charge in [0.15, 0.2) is 0 Å². The van der Waals surface area contributed by atoms with Crippen LogP contribution in [0.3, 0.4) is 0 Å². The number of aromatic nitrogens is 1. The number of rotatable bonds is 0. The third-order valence-electron chi connectivity index (χ3n) is 0.776. The van der Waals surface area contributed by atoms with Crippen LogP contribution in [0.5, 0.6) is 0 Å². The molecule has 1 heterocycles. The molecular formula is C5H4ClNS. The van der Waals surface area contributed by atoms with Gasteiger partial charge in [-0.1, -0.05) is 23.8 Å². The van der Waals surface area contributed by atoms with Gasteiger partial charge in [0.25, 0.3) is 0 Å². The van der Waals surface area contributed by atoms with Crippen molar-refractivity contribution in [1.82, 2.24) is 4.98 Å². The highest BCUT2D eigenvalue weighted by Gasteiger charge is 1.82. The zero-order valence-corrected chi connectivity index (χ0v) is 5.59. The molecule has 0 aliphatic rings. The van der Waals surface area contributed by atoms with Crippen molar-refractivity contribution in [1.29, 1.82) is 0 Å². The summed E-state index contributed by atoms with van der Waals surface area (Å²) in [5.74, 6) is 0. The van der Waals surface area contributed by atoms with E-state index in [-0.39, 0.29) is 0 Å². The molecule has 3 heteroatoms. The van der Waals surface area contributed by atoms with Gasteiger partial charge in [0.05, 0.1) is 9.53 Å². The largest absolute Gasteiger partial charge is 0.366 e. The maximum atomic E-state index is 5.57. The molecule has 0 saturated carbocycles. The first kappa shape index (κ1) is 5.79. The number of nitrogens with one attached hydrogen (secondary N) is 1. The van der Waals surface area contributed by atoms with Gasteiger partial charge >= 0.3 is 0 Å². The number of H-pyrrole nitrogens is 1. The van der Waals surface area contributed by atoms with Crippen LogP contribution in [0.2, 0.25) is 5.02 Å². The van der Waals surface area contributed by atoms with Gasteiger partial charge in [-0.3, -0.25) is 0 Å². The van der Waals surface area contributed by atoms with Gasteiger partial charge in [0, 0.05) is 12.4 Å². The summed E-state index contributed by atoms with van der Waals surface area (Å²) >= 11 is 10.4. The van der Waals surface area contributed by atoms with Crippen molar-refractivity contribution >= 4 is 23.8 Å². The monoisotopic (exact) mass is 145 g/mol. The molecule has 0 amide bonds. The molecule has 0 aliphatic carbocycles. The Morgan fingerprint density at radius 2 is 2.38 bits per heavy atom. The van der Waals surface area contributed by atoms with Gasteiger partial charge < -0.3 is 4.98 Å². The van der Waals surface area contributed by atoms with Crippen LogP contribution in [-0.2, 0) is 0 Å². The van der Waals surface area contributed by atoms with Gasteiger partial charge in [-0.2, -0.15) is 0 Å². The van der Waals surface area contributed by atoms with Crippen LogP contribution >= 0.6 is 23.8 Å². The highest BCUT2D eigenvalue weighted by atomic mass is 35.5. The highest BCUT2D eigenvalue weighted by Crippen LogP contribution is 2.05. The van der Waals surface area contributed by atoms with E-state index in [1.807, 2.05) is 0 Å². The first-order valence-electron chi connectivity index (χ1n) is 2.13. The van der Waals surface area contributed by atoms with Crippen LogP contribution in [0.25, 0.3) is 0 Å². The normalized spacial score (nSPS) is 9.12. The van der Waals surface area contributed by atoms with Gasteiger partial charge in [-0.25, -0.2) is 0 Å². The fraction of sp³-hybridized carbons (Fsp3) is 0. The van der Waals surface area contributed by atoms with Crippen molar-refractivity contribution in [3.05, 3.63) is 28.0 Å². The molecule has 0 atom stereocenters. The summed E-state index contributed by atoms with van der Waals surface area (Å²) in [5.41, 5.74) is 0. The molecule has 1 aromatic rings. The predicted octanol–water partition coefficient (Wildman–Crippen LogP) is 2.40. The lowest BCUT2D eigenvalue weighted by Crippen LogP contribution is -1.68. The van der Waals surface area contributed by atoms with Crippen LogP contribution in [0, 0.1) is 4.51 Å². The average Bonchev–Trinajstić information content (AvgIpc) is 1.77. The van der Waals surface area contributed by atoms with Crippen molar-refractivity contribution in [2.24, 2.45) is 0 Å². The lowest BCUT2D eigenvalue weighted by molar-refractivity contribution is 1.32. The molecular weight excluding hydrogens is 142 g/mol. The Morgan fingerprint density at radius 1 is 1.62 bits per heavy atom. The van der Waals surface area contributed by atoms with Gasteiger partial charge in [-0.05, 0) is 6.07 Å². The first-order valence-corrected chi connectivity index (χ1v) is 2.92. The molecule has 1 rings (SSSR count). The number of hydrogen-bond donors (Lipinski definition) is 1. The van der Waals surface area contributed by atoms with Gasteiger partial charge in [-0.15, -0.1) is 0 Å². The van der Waals surface area contributed by atoms with Crippen molar-refractivity contribution in [3.63, 3.8) is 0 Å². The Hall–Kier alpha value is -0.340. The zero-order valence-electron chi connectivity index (χ0n) is 4.02. The molecule has 42 valence electrons. The number of hydrogen-bond acceptors (Lipinski definition) is 1. The molecule has 0 aliphatic heterocycles. The SMILES string of the molecule is S=c1cc[nH]cc1Cl. The number of halogens is 1. The Morgan fingerprint density at radius 3 is 2.75 bits per heavy atom. The van der Waals surface area contributed by atoms with Crippen molar-refractivity contribution < 1.29 is 0 Å². The van der Waals surface area contributed by atoms with E-state index in [0.29, 0.717) is 9.53 Å². The molecule has 0 radical (unpaired) electrons. The second-order valence-electron chi connectivity index (χ2n) is 1.36. The molecule has 0 fully saturated rings. The molecule has 0 saturated heterocycles. The third-order valence-corrected chi connectivity index (χ3v) is 1.56. The van der Waals surface area contributed by atoms with Gasteiger partial charge in [0.1, 0.15) is 0 Å². The quantitative estimate of drug-likeness (QED) is 0.555. The summed E-state index contributed by atoms with van der Waals surface area (Å²) in [6, 6.07) is 1.75. The Kier molecular flexibility index (Phi) is 1.65. The van der Waals surface area contributed by atoms with Crippen LogP contribution in [0.1, 0.15) is 0 Å². The summed E-state index contributed by atoms with van der Waals surface area (Å²) in [4.78, 5) is 2.80. The minimum Gasteiger partial charge on any atom is -0.366 e. The van der Waals surface area contributed by atoms with Crippen LogP contribution in [0.4, 0.5) is 0 Å². The van der Waals surface area contributed by atoms with Crippen LogP contribution in [-0.4, -0.2) is 4.98 Å². The van der Waals surface area contributed by atoms with E-state index in [9.17, 15) is 0 Å². The topological polar surface area (TPSA) is 15.8 Å². The van der Waals surface area contributed by atoms with E-state index < -0.39 is 0 Å². The van der Waals surface area contributed by atoms with Gasteiger partial charge in [0.2, 0.25) is 0 Å². The van der Waals surface area contributed by atoms with E-state index in [2.05, 4.69) is 4.98 Å². The second kappa shape index (κ2) is 2.29. The summed E-state index contributed by atoms with van der Waals surface area (Å²) < 4.78 is 0.686. The molecule has 1 nitrogen and oxygen atoms in total. The Labute approximate surface area is 57.3 Å². The Balaban J connectivity index is 3.35. The molecule has 1 aromatic heterocycles. The maximum absolute atomic E-state index is 5.57. The zero-order chi connectivity index (χ0) is 5.98. The van der Waals surface area contributed by atoms with E-state index in [4.69, 9.17) is 23.8 Å². The molecule has 0 spiro atoms. The Bertz CT molecular complexity index is 230. The predicted molar refractivity (Wildman–Crippen MR) is 36.6 cm³/mol. The molecule has 0 bridgehead atoms. The van der Waals surface area contributed by atoms with Crippen molar-refractivity contribution in [2.45, 2.75) is 0 Å². The minimum absolute atomic E-state index is 0.600. The van der Waals surface area contributed by atoms with Crippen molar-refractivity contribution in [2.75, 3.05) is 0 Å². The molecule has 8 heavy (non-hydrogen) atoms. The standard InChI is InChI=1S/C5H4ClNS/c6-4-3-7-2-1-5(4)8/h1-3H,(H,7,8). The van der Waals surface area contributed by atoms with E-state index in [1.54, 1.807) is 18.5 Å². The van der Waals surface area contributed by atoms with E-state index in [1.165, 1.54) is 0 Å². The number of aromatic amines is 1. The van der Waals surface area contributed by atoms with Crippen LogP contribution in [0.15, 0.2) is 18.5 Å². The second-order valence-corrected chi connectivity index (χ2v) is 2.20. The number of pyridine rings is 1. The average molecular weight is 146 g/mol. The summed E-state index contributed by atoms with van der Waals surface area (Å²) in [5, 5.41) is 0.600. The first-order chi connectivity index (χ1) is 3.80. The highest BCUT2D eigenvalue weighted by molar-refractivity contribution is 7.71. The van der Waals surface area contributed by atoms with Crippen molar-refractivity contribution in [3.8, 4) is 0 Å².